The number of rotatable bonds is 3. The van der Waals surface area contributed by atoms with Crippen molar-refractivity contribution < 1.29 is 9.53 Å². The third-order valence-electron chi connectivity index (χ3n) is 3.36. The molecule has 3 atom stereocenters. The Bertz CT molecular complexity index is 236. The number of hydrogen-bond donors (Lipinski definition) is 2. The average molecular weight is 198 g/mol. The molecule has 0 aromatic rings. The van der Waals surface area contributed by atoms with Gasteiger partial charge in [0.2, 0.25) is 5.91 Å². The van der Waals surface area contributed by atoms with E-state index in [0.717, 1.165) is 12.8 Å². The topological polar surface area (TPSA) is 50.4 Å². The predicted octanol–water partition coefficient (Wildman–Crippen LogP) is -0.111. The van der Waals surface area contributed by atoms with Gasteiger partial charge < -0.3 is 15.4 Å². The minimum atomic E-state index is -0.470. The lowest BCUT2D eigenvalue weighted by atomic mass is 9.98. The molecule has 2 fully saturated rings. The quantitative estimate of drug-likeness (QED) is 0.665. The molecule has 0 radical (unpaired) electrons. The summed E-state index contributed by atoms with van der Waals surface area (Å²) >= 11 is 0. The van der Waals surface area contributed by atoms with Gasteiger partial charge in [-0.3, -0.25) is 4.79 Å². The smallest absolute Gasteiger partial charge is 0.243 e. The van der Waals surface area contributed by atoms with Crippen LogP contribution in [0.25, 0.3) is 0 Å². The molecule has 0 spiro atoms. The van der Waals surface area contributed by atoms with Gasteiger partial charge in [0.05, 0.1) is 6.61 Å². The summed E-state index contributed by atoms with van der Waals surface area (Å²) < 4.78 is 5.28. The second-order valence-corrected chi connectivity index (χ2v) is 4.43. The van der Waals surface area contributed by atoms with Crippen LogP contribution in [-0.2, 0) is 9.53 Å². The third-order valence-corrected chi connectivity index (χ3v) is 3.36. The van der Waals surface area contributed by atoms with E-state index in [9.17, 15) is 4.79 Å². The first kappa shape index (κ1) is 9.93. The second kappa shape index (κ2) is 3.51. The molecule has 2 rings (SSSR count). The number of hydrogen-bond acceptors (Lipinski definition) is 3. The van der Waals surface area contributed by atoms with E-state index >= 15 is 0 Å². The Kier molecular flexibility index (Phi) is 2.49. The first-order chi connectivity index (χ1) is 6.68. The number of likely N-dealkylation sites (N-methyl/N-ethyl adjacent to an activating group) is 1. The summed E-state index contributed by atoms with van der Waals surface area (Å²) in [6, 6.07) is 0.397. The zero-order valence-corrected chi connectivity index (χ0v) is 8.80. The Morgan fingerprint density at radius 2 is 2.29 bits per heavy atom. The van der Waals surface area contributed by atoms with Crippen LogP contribution in [0.4, 0.5) is 0 Å². The molecule has 4 nitrogen and oxygen atoms in total. The summed E-state index contributed by atoms with van der Waals surface area (Å²) in [5.41, 5.74) is -0.470. The fourth-order valence-electron chi connectivity index (χ4n) is 1.88. The van der Waals surface area contributed by atoms with Crippen molar-refractivity contribution in [2.75, 3.05) is 20.3 Å². The van der Waals surface area contributed by atoms with Crippen molar-refractivity contribution in [1.82, 2.24) is 10.6 Å². The standard InChI is InChI=1S/C10H18N2O2/c1-7-5-8(7)12-9(13)10(11-2)3-4-14-6-10/h7-8,11H,3-6H2,1-2H3,(H,12,13). The highest BCUT2D eigenvalue weighted by Crippen LogP contribution is 2.30. The van der Waals surface area contributed by atoms with Crippen LogP contribution in [0.1, 0.15) is 19.8 Å². The molecule has 4 heteroatoms. The molecule has 2 N–H and O–H groups in total. The van der Waals surface area contributed by atoms with Gasteiger partial charge in [-0.05, 0) is 19.4 Å². The third kappa shape index (κ3) is 1.64. The number of ether oxygens (including phenoxy) is 1. The molecule has 2 aliphatic rings. The Morgan fingerprint density at radius 1 is 1.57 bits per heavy atom. The average Bonchev–Trinajstić information content (AvgIpc) is 2.73. The van der Waals surface area contributed by atoms with Gasteiger partial charge in [-0.15, -0.1) is 0 Å². The van der Waals surface area contributed by atoms with E-state index in [4.69, 9.17) is 4.74 Å². The van der Waals surface area contributed by atoms with Crippen molar-refractivity contribution >= 4 is 5.91 Å². The lowest BCUT2D eigenvalue weighted by Crippen LogP contribution is -2.56. The van der Waals surface area contributed by atoms with Crippen molar-refractivity contribution in [3.8, 4) is 0 Å². The van der Waals surface area contributed by atoms with Crippen molar-refractivity contribution in [3.63, 3.8) is 0 Å². The molecule has 0 bridgehead atoms. The first-order valence-electron chi connectivity index (χ1n) is 5.25. The molecule has 3 unspecified atom stereocenters. The van der Waals surface area contributed by atoms with E-state index in [1.807, 2.05) is 7.05 Å². The predicted molar refractivity (Wildman–Crippen MR) is 52.9 cm³/mol. The molecule has 1 aliphatic heterocycles. The zero-order chi connectivity index (χ0) is 10.2. The molecular weight excluding hydrogens is 180 g/mol. The van der Waals surface area contributed by atoms with Crippen LogP contribution < -0.4 is 10.6 Å². The Morgan fingerprint density at radius 3 is 2.71 bits per heavy atom. The van der Waals surface area contributed by atoms with Gasteiger partial charge in [-0.2, -0.15) is 0 Å². The molecular formula is C10H18N2O2. The highest BCUT2D eigenvalue weighted by molar-refractivity contribution is 5.87. The van der Waals surface area contributed by atoms with E-state index in [1.165, 1.54) is 0 Å². The van der Waals surface area contributed by atoms with E-state index in [0.29, 0.717) is 25.2 Å². The molecule has 1 saturated carbocycles. The number of carbonyl (C=O) groups is 1. The normalized spacial score (nSPS) is 41.0. The second-order valence-electron chi connectivity index (χ2n) is 4.43. The summed E-state index contributed by atoms with van der Waals surface area (Å²) in [6.45, 7) is 3.33. The fraction of sp³-hybridized carbons (Fsp3) is 0.900. The van der Waals surface area contributed by atoms with Gasteiger partial charge in [0.1, 0.15) is 5.54 Å². The lowest BCUT2D eigenvalue weighted by molar-refractivity contribution is -0.127. The molecule has 0 aromatic heterocycles. The maximum Gasteiger partial charge on any atom is 0.243 e. The monoisotopic (exact) mass is 198 g/mol. The van der Waals surface area contributed by atoms with Gasteiger partial charge in [0.15, 0.2) is 0 Å². The molecule has 80 valence electrons. The summed E-state index contributed by atoms with van der Waals surface area (Å²) in [7, 11) is 1.82. The van der Waals surface area contributed by atoms with Crippen molar-refractivity contribution in [1.29, 1.82) is 0 Å². The molecule has 1 heterocycles. The first-order valence-corrected chi connectivity index (χ1v) is 5.25. The summed E-state index contributed by atoms with van der Waals surface area (Å²) in [6.07, 6.45) is 1.89. The summed E-state index contributed by atoms with van der Waals surface area (Å²) in [4.78, 5) is 11.9. The van der Waals surface area contributed by atoms with Crippen molar-refractivity contribution in [2.45, 2.75) is 31.3 Å². The van der Waals surface area contributed by atoms with E-state index in [2.05, 4.69) is 17.6 Å². The highest BCUT2D eigenvalue weighted by atomic mass is 16.5. The number of nitrogens with one attached hydrogen (secondary N) is 2. The Labute approximate surface area is 84.4 Å². The minimum absolute atomic E-state index is 0.104. The lowest BCUT2D eigenvalue weighted by Gasteiger charge is -2.25. The van der Waals surface area contributed by atoms with E-state index in [-0.39, 0.29) is 5.91 Å². The fourth-order valence-corrected chi connectivity index (χ4v) is 1.88. The van der Waals surface area contributed by atoms with E-state index < -0.39 is 5.54 Å². The van der Waals surface area contributed by atoms with Gasteiger partial charge in [-0.25, -0.2) is 0 Å². The van der Waals surface area contributed by atoms with Gasteiger partial charge in [0, 0.05) is 19.1 Å². The molecule has 1 aliphatic carbocycles. The zero-order valence-electron chi connectivity index (χ0n) is 8.80. The van der Waals surface area contributed by atoms with Crippen molar-refractivity contribution in [2.24, 2.45) is 5.92 Å². The molecule has 0 aromatic carbocycles. The minimum Gasteiger partial charge on any atom is -0.379 e. The van der Waals surface area contributed by atoms with Gasteiger partial charge in [0.25, 0.3) is 0 Å². The summed E-state index contributed by atoms with van der Waals surface area (Å²) in [5, 5.41) is 6.14. The molecule has 1 saturated heterocycles. The van der Waals surface area contributed by atoms with Gasteiger partial charge in [-0.1, -0.05) is 6.92 Å². The van der Waals surface area contributed by atoms with Crippen LogP contribution >= 0.6 is 0 Å². The number of amides is 1. The maximum absolute atomic E-state index is 11.9. The highest BCUT2D eigenvalue weighted by Gasteiger charge is 2.44. The van der Waals surface area contributed by atoms with Crippen LogP contribution in [0.5, 0.6) is 0 Å². The molecule has 1 amide bonds. The van der Waals surface area contributed by atoms with Crippen LogP contribution in [0, 0.1) is 5.92 Å². The Balaban J connectivity index is 1.94. The van der Waals surface area contributed by atoms with E-state index in [1.54, 1.807) is 0 Å². The Hall–Kier alpha value is -0.610. The summed E-state index contributed by atoms with van der Waals surface area (Å²) in [5.74, 6) is 0.752. The van der Waals surface area contributed by atoms with Crippen LogP contribution in [0.2, 0.25) is 0 Å². The maximum atomic E-state index is 11.9. The van der Waals surface area contributed by atoms with Crippen LogP contribution in [0.15, 0.2) is 0 Å². The van der Waals surface area contributed by atoms with Gasteiger partial charge >= 0.3 is 0 Å². The molecule has 14 heavy (non-hydrogen) atoms. The number of carbonyl (C=O) groups excluding carboxylic acids is 1. The van der Waals surface area contributed by atoms with Crippen molar-refractivity contribution in [3.05, 3.63) is 0 Å². The SMILES string of the molecule is CNC1(C(=O)NC2CC2C)CCOC1. The largest absolute Gasteiger partial charge is 0.379 e. The van der Waals surface area contributed by atoms with Crippen LogP contribution in [-0.4, -0.2) is 37.7 Å². The van der Waals surface area contributed by atoms with Crippen LogP contribution in [0.3, 0.4) is 0 Å².